The fourth-order valence-corrected chi connectivity index (χ4v) is 2.98. The minimum Gasteiger partial charge on any atom is -0.505 e. The Labute approximate surface area is 158 Å². The van der Waals surface area contributed by atoms with Crippen LogP contribution in [0, 0.1) is 6.92 Å². The summed E-state index contributed by atoms with van der Waals surface area (Å²) in [6.45, 7) is 1.72. The van der Waals surface area contributed by atoms with Crippen LogP contribution in [-0.2, 0) is 7.05 Å². The zero-order valence-corrected chi connectivity index (χ0v) is 15.2. The first-order chi connectivity index (χ1) is 13.5. The third kappa shape index (κ3) is 2.71. The van der Waals surface area contributed by atoms with Crippen molar-refractivity contribution in [2.24, 2.45) is 17.3 Å². The van der Waals surface area contributed by atoms with Gasteiger partial charge in [-0.15, -0.1) is 10.2 Å². The first-order valence-electron chi connectivity index (χ1n) is 8.49. The second-order valence-corrected chi connectivity index (χ2v) is 6.19. The molecule has 0 saturated carbocycles. The van der Waals surface area contributed by atoms with Gasteiger partial charge in [0.2, 0.25) is 5.69 Å². The number of para-hydroxylation sites is 2. The third-order valence-electron chi connectivity index (χ3n) is 4.54. The summed E-state index contributed by atoms with van der Waals surface area (Å²) in [5.74, 6) is -0.340. The summed E-state index contributed by atoms with van der Waals surface area (Å²) in [4.78, 5) is 25.0. The lowest BCUT2D eigenvalue weighted by Gasteiger charge is -2.07. The summed E-state index contributed by atoms with van der Waals surface area (Å²) < 4.78 is 8.26. The Morgan fingerprint density at radius 2 is 1.57 bits per heavy atom. The van der Waals surface area contributed by atoms with Gasteiger partial charge >= 0.3 is 5.63 Å². The molecule has 0 aliphatic rings. The molecule has 0 spiro atoms. The van der Waals surface area contributed by atoms with Crippen LogP contribution in [0.15, 0.2) is 78.8 Å². The number of aromatic nitrogens is 2. The van der Waals surface area contributed by atoms with Gasteiger partial charge < -0.3 is 9.52 Å². The number of azo groups is 1. The number of fused-ring (bicyclic) bond motifs is 1. The van der Waals surface area contributed by atoms with Gasteiger partial charge in [0, 0.05) is 7.05 Å². The van der Waals surface area contributed by atoms with Gasteiger partial charge in [0.15, 0.2) is 11.4 Å². The van der Waals surface area contributed by atoms with Gasteiger partial charge in [-0.3, -0.25) is 9.48 Å². The Morgan fingerprint density at radius 1 is 0.929 bits per heavy atom. The van der Waals surface area contributed by atoms with E-state index >= 15 is 0 Å². The molecule has 4 rings (SSSR count). The van der Waals surface area contributed by atoms with Crippen molar-refractivity contribution in [3.05, 3.63) is 81.1 Å². The lowest BCUT2D eigenvalue weighted by Crippen LogP contribution is -2.19. The zero-order chi connectivity index (χ0) is 19.8. The molecule has 140 valence electrons. The van der Waals surface area contributed by atoms with Crippen LogP contribution in [0.1, 0.15) is 5.69 Å². The Bertz CT molecular complexity index is 1330. The van der Waals surface area contributed by atoms with Crippen molar-refractivity contribution in [2.75, 3.05) is 0 Å². The maximum Gasteiger partial charge on any atom is 0.368 e. The van der Waals surface area contributed by atoms with Crippen LogP contribution in [0.25, 0.3) is 16.7 Å². The van der Waals surface area contributed by atoms with Crippen LogP contribution < -0.4 is 11.2 Å². The molecule has 0 atom stereocenters. The molecule has 2 aromatic heterocycles. The van der Waals surface area contributed by atoms with E-state index in [4.69, 9.17) is 4.42 Å². The molecule has 0 bridgehead atoms. The van der Waals surface area contributed by atoms with E-state index in [-0.39, 0.29) is 28.3 Å². The third-order valence-corrected chi connectivity index (χ3v) is 4.54. The van der Waals surface area contributed by atoms with E-state index in [1.165, 1.54) is 4.68 Å². The normalized spacial score (nSPS) is 11.5. The van der Waals surface area contributed by atoms with E-state index in [0.29, 0.717) is 16.8 Å². The topological polar surface area (TPSA) is 102 Å². The van der Waals surface area contributed by atoms with Crippen LogP contribution in [0.3, 0.4) is 0 Å². The van der Waals surface area contributed by atoms with E-state index in [9.17, 15) is 14.7 Å². The number of nitrogens with zero attached hydrogens (tertiary/aromatic N) is 4. The van der Waals surface area contributed by atoms with E-state index in [0.717, 1.165) is 0 Å². The van der Waals surface area contributed by atoms with Crippen LogP contribution >= 0.6 is 0 Å². The second-order valence-electron chi connectivity index (χ2n) is 6.19. The quantitative estimate of drug-likeness (QED) is 0.435. The second kappa shape index (κ2) is 6.66. The van der Waals surface area contributed by atoms with Gasteiger partial charge in [-0.1, -0.05) is 30.3 Å². The first-order valence-corrected chi connectivity index (χ1v) is 8.49. The lowest BCUT2D eigenvalue weighted by atomic mass is 10.2. The molecule has 8 nitrogen and oxygen atoms in total. The van der Waals surface area contributed by atoms with Crippen LogP contribution in [0.4, 0.5) is 11.4 Å². The maximum atomic E-state index is 12.8. The average Bonchev–Trinajstić information content (AvgIpc) is 2.91. The van der Waals surface area contributed by atoms with E-state index < -0.39 is 5.63 Å². The van der Waals surface area contributed by atoms with Gasteiger partial charge in [0.1, 0.15) is 5.58 Å². The SMILES string of the molecule is Cc1c(N=Nc2c(O)c3ccccc3oc2=O)c(=O)n(-c2ccccc2)n1C. The van der Waals surface area contributed by atoms with Gasteiger partial charge in [0.25, 0.3) is 5.56 Å². The van der Waals surface area contributed by atoms with Crippen molar-refractivity contribution in [3.8, 4) is 11.4 Å². The Morgan fingerprint density at radius 3 is 2.32 bits per heavy atom. The maximum absolute atomic E-state index is 12.8. The number of benzene rings is 2. The van der Waals surface area contributed by atoms with Crippen molar-refractivity contribution in [1.29, 1.82) is 0 Å². The Hall–Kier alpha value is -3.94. The molecule has 8 heteroatoms. The highest BCUT2D eigenvalue weighted by molar-refractivity contribution is 5.87. The lowest BCUT2D eigenvalue weighted by molar-refractivity contribution is 0.469. The first kappa shape index (κ1) is 17.5. The molecule has 1 N–H and O–H groups in total. The smallest absolute Gasteiger partial charge is 0.368 e. The molecule has 0 aliphatic heterocycles. The van der Waals surface area contributed by atoms with Crippen molar-refractivity contribution >= 4 is 22.3 Å². The summed E-state index contributed by atoms with van der Waals surface area (Å²) in [7, 11) is 1.73. The number of aromatic hydroxyl groups is 1. The molecule has 2 aromatic carbocycles. The number of hydrogen-bond acceptors (Lipinski definition) is 6. The molecule has 0 aliphatic carbocycles. The van der Waals surface area contributed by atoms with Gasteiger partial charge in [-0.2, -0.15) is 0 Å². The van der Waals surface area contributed by atoms with Crippen LogP contribution in [-0.4, -0.2) is 14.5 Å². The highest BCUT2D eigenvalue weighted by Crippen LogP contribution is 2.32. The summed E-state index contributed by atoms with van der Waals surface area (Å²) >= 11 is 0. The van der Waals surface area contributed by atoms with Crippen molar-refractivity contribution < 1.29 is 9.52 Å². The fourth-order valence-electron chi connectivity index (χ4n) is 2.98. The number of rotatable bonds is 3. The summed E-state index contributed by atoms with van der Waals surface area (Å²) in [6, 6.07) is 15.6. The highest BCUT2D eigenvalue weighted by atomic mass is 16.4. The monoisotopic (exact) mass is 376 g/mol. The Balaban J connectivity index is 1.85. The molecular formula is C20H16N4O4. The van der Waals surface area contributed by atoms with Gasteiger partial charge in [0.05, 0.1) is 16.8 Å². The minimum atomic E-state index is -0.836. The molecule has 0 amide bonds. The molecule has 0 radical (unpaired) electrons. The molecule has 0 fully saturated rings. The van der Waals surface area contributed by atoms with Crippen molar-refractivity contribution in [3.63, 3.8) is 0 Å². The zero-order valence-electron chi connectivity index (χ0n) is 15.2. The largest absolute Gasteiger partial charge is 0.505 e. The fraction of sp³-hybridized carbons (Fsp3) is 0.100. The molecular weight excluding hydrogens is 360 g/mol. The average molecular weight is 376 g/mol. The molecule has 28 heavy (non-hydrogen) atoms. The van der Waals surface area contributed by atoms with Crippen LogP contribution in [0.2, 0.25) is 0 Å². The summed E-state index contributed by atoms with van der Waals surface area (Å²) in [6.07, 6.45) is 0. The predicted octanol–water partition coefficient (Wildman–Crippen LogP) is 3.71. The number of hydrogen-bond donors (Lipinski definition) is 1. The summed E-state index contributed by atoms with van der Waals surface area (Å²) in [5.41, 5.74) is -0.0383. The highest BCUT2D eigenvalue weighted by Gasteiger charge is 2.17. The molecule has 0 saturated heterocycles. The standard InChI is InChI=1S/C20H16N4O4/c1-12-16(19(26)24(23(12)2)13-8-4-3-5-9-13)21-22-17-18(25)14-10-6-7-11-15(14)28-20(17)27/h3-11,25H,1-2H3. The van der Waals surface area contributed by atoms with Crippen molar-refractivity contribution in [1.82, 2.24) is 9.36 Å². The van der Waals surface area contributed by atoms with E-state index in [2.05, 4.69) is 10.2 Å². The van der Waals surface area contributed by atoms with Gasteiger partial charge in [-0.05, 0) is 31.2 Å². The van der Waals surface area contributed by atoms with E-state index in [1.54, 1.807) is 55.1 Å². The van der Waals surface area contributed by atoms with Crippen LogP contribution in [0.5, 0.6) is 5.75 Å². The predicted molar refractivity (Wildman–Crippen MR) is 104 cm³/mol. The van der Waals surface area contributed by atoms with Gasteiger partial charge in [-0.25, -0.2) is 9.48 Å². The minimum absolute atomic E-state index is 0.0679. The van der Waals surface area contributed by atoms with E-state index in [1.807, 2.05) is 18.2 Å². The summed E-state index contributed by atoms with van der Waals surface area (Å²) in [5, 5.41) is 18.5. The molecule has 2 heterocycles. The molecule has 4 aromatic rings. The Kier molecular flexibility index (Phi) is 4.15. The molecule has 0 unspecified atom stereocenters. The van der Waals surface area contributed by atoms with Crippen molar-refractivity contribution in [2.45, 2.75) is 6.92 Å².